The highest BCUT2D eigenvalue weighted by molar-refractivity contribution is 6.56. The number of aliphatic hydroxyl groups is 1. The number of hydrogen-bond acceptors (Lipinski definition) is 3. The zero-order valence-corrected chi connectivity index (χ0v) is 8.61. The molecule has 5 heteroatoms. The maximum Gasteiger partial charge on any atom is 0.213 e. The van der Waals surface area contributed by atoms with Gasteiger partial charge in [0.1, 0.15) is 11.3 Å². The Morgan fingerprint density at radius 3 is 2.23 bits per heavy atom. The van der Waals surface area contributed by atoms with E-state index in [9.17, 15) is 14.7 Å². The van der Waals surface area contributed by atoms with Crippen LogP contribution < -0.4 is 0 Å². The van der Waals surface area contributed by atoms with Crippen LogP contribution in [0.15, 0.2) is 10.1 Å². The zero-order valence-electron chi connectivity index (χ0n) is 7.10. The summed E-state index contributed by atoms with van der Waals surface area (Å²) in [5.41, 5.74) is -3.19. The first kappa shape index (κ1) is 10.7. The number of Topliss-reactive ketones (excluding diaryl/α,β-unsaturated/α-hetero) is 1. The molecule has 72 valence electrons. The Kier molecular flexibility index (Phi) is 2.31. The van der Waals surface area contributed by atoms with Crippen LogP contribution in [0.25, 0.3) is 0 Å². The van der Waals surface area contributed by atoms with Crippen LogP contribution in [0.1, 0.15) is 13.8 Å². The molecule has 0 fully saturated rings. The lowest BCUT2D eigenvalue weighted by Crippen LogP contribution is -2.58. The van der Waals surface area contributed by atoms with Gasteiger partial charge in [-0.15, -0.1) is 0 Å². The molecule has 0 aromatic rings. The van der Waals surface area contributed by atoms with Crippen LogP contribution in [-0.4, -0.2) is 22.8 Å². The van der Waals surface area contributed by atoms with Gasteiger partial charge < -0.3 is 9.90 Å². The first-order valence-electron chi connectivity index (χ1n) is 3.58. The fourth-order valence-corrected chi connectivity index (χ4v) is 1.80. The summed E-state index contributed by atoms with van der Waals surface area (Å²) in [6, 6.07) is 0. The zero-order chi connectivity index (χ0) is 10.4. The molecule has 1 atom stereocenters. The van der Waals surface area contributed by atoms with E-state index in [2.05, 4.69) is 0 Å². The van der Waals surface area contributed by atoms with E-state index in [0.29, 0.717) is 6.29 Å². The van der Waals surface area contributed by atoms with Crippen molar-refractivity contribution in [3.63, 3.8) is 0 Å². The van der Waals surface area contributed by atoms with Crippen LogP contribution in [0.4, 0.5) is 0 Å². The molecule has 13 heavy (non-hydrogen) atoms. The maximum atomic E-state index is 11.2. The number of hydrogen-bond donors (Lipinski definition) is 1. The molecule has 0 amide bonds. The highest BCUT2D eigenvalue weighted by Gasteiger charge is 2.60. The molecule has 3 nitrogen and oxygen atoms in total. The minimum absolute atomic E-state index is 0.156. The summed E-state index contributed by atoms with van der Waals surface area (Å²) in [6.07, 6.45) is 0.483. The molecule has 0 bridgehead atoms. The topological polar surface area (TPSA) is 54.4 Å². The summed E-state index contributed by atoms with van der Waals surface area (Å²) in [6.45, 7) is 2.84. The van der Waals surface area contributed by atoms with Crippen LogP contribution in [-0.2, 0) is 9.59 Å². The van der Waals surface area contributed by atoms with Gasteiger partial charge in [-0.1, -0.05) is 23.2 Å². The van der Waals surface area contributed by atoms with Crippen molar-refractivity contribution in [1.29, 1.82) is 0 Å². The Bertz CT molecular complexity index is 319. The Morgan fingerprint density at radius 2 is 1.92 bits per heavy atom. The fourth-order valence-electron chi connectivity index (χ4n) is 1.12. The van der Waals surface area contributed by atoms with Gasteiger partial charge in [0, 0.05) is 0 Å². The molecule has 0 radical (unpaired) electrons. The summed E-state index contributed by atoms with van der Waals surface area (Å²) in [7, 11) is 0. The highest BCUT2D eigenvalue weighted by atomic mass is 35.5. The summed E-state index contributed by atoms with van der Waals surface area (Å²) in [4.78, 5) is 21.8. The molecule has 1 rings (SSSR count). The second-order valence-electron chi connectivity index (χ2n) is 3.51. The normalized spacial score (nSPS) is 28.8. The van der Waals surface area contributed by atoms with E-state index in [1.54, 1.807) is 0 Å². The minimum Gasteiger partial charge on any atom is -0.375 e. The summed E-state index contributed by atoms with van der Waals surface area (Å²) in [5.74, 6) is -0.698. The molecule has 1 aliphatic rings. The van der Waals surface area contributed by atoms with Gasteiger partial charge in [-0.05, 0) is 13.8 Å². The molecule has 0 aliphatic heterocycles. The third-order valence-electron chi connectivity index (χ3n) is 2.27. The first-order valence-corrected chi connectivity index (χ1v) is 4.34. The predicted octanol–water partition coefficient (Wildman–Crippen LogP) is 1.21. The van der Waals surface area contributed by atoms with Crippen molar-refractivity contribution in [3.8, 4) is 0 Å². The minimum atomic E-state index is -1.94. The van der Waals surface area contributed by atoms with Crippen LogP contribution in [0, 0.1) is 5.41 Å². The lowest BCUT2D eigenvalue weighted by Gasteiger charge is -2.42. The van der Waals surface area contributed by atoms with E-state index in [-0.39, 0.29) is 10.1 Å². The van der Waals surface area contributed by atoms with Crippen molar-refractivity contribution < 1.29 is 14.7 Å². The summed E-state index contributed by atoms with van der Waals surface area (Å²) in [5, 5.41) is 9.44. The molecule has 1 unspecified atom stereocenters. The predicted molar refractivity (Wildman–Crippen MR) is 48.5 cm³/mol. The summed E-state index contributed by atoms with van der Waals surface area (Å²) < 4.78 is 0. The standard InChI is InChI=1S/C8H8Cl2O3/c1-7(2,3-11)8(13)5(10)4(9)6(8)12/h3,13H,1-2H3. The highest BCUT2D eigenvalue weighted by Crippen LogP contribution is 2.49. The van der Waals surface area contributed by atoms with Crippen LogP contribution in [0.5, 0.6) is 0 Å². The van der Waals surface area contributed by atoms with Gasteiger partial charge in [-0.3, -0.25) is 4.79 Å². The Morgan fingerprint density at radius 1 is 1.46 bits per heavy atom. The second kappa shape index (κ2) is 2.80. The SMILES string of the molecule is CC(C)(C=O)C1(O)C(=O)C(Cl)=C1Cl. The second-order valence-corrected chi connectivity index (χ2v) is 4.26. The van der Waals surface area contributed by atoms with Crippen molar-refractivity contribution in [2.24, 2.45) is 5.41 Å². The van der Waals surface area contributed by atoms with Crippen LogP contribution in [0.3, 0.4) is 0 Å². The quantitative estimate of drug-likeness (QED) is 0.716. The van der Waals surface area contributed by atoms with E-state index in [1.165, 1.54) is 13.8 Å². The number of aldehydes is 1. The van der Waals surface area contributed by atoms with Gasteiger partial charge in [0.15, 0.2) is 5.60 Å². The molecule has 0 aromatic heterocycles. The van der Waals surface area contributed by atoms with Crippen molar-refractivity contribution >= 4 is 35.3 Å². The molecule has 0 spiro atoms. The van der Waals surface area contributed by atoms with E-state index in [4.69, 9.17) is 23.2 Å². The van der Waals surface area contributed by atoms with E-state index >= 15 is 0 Å². The molecule has 0 aromatic carbocycles. The average molecular weight is 223 g/mol. The molecule has 0 saturated carbocycles. The smallest absolute Gasteiger partial charge is 0.213 e. The Hall–Kier alpha value is -0.380. The van der Waals surface area contributed by atoms with E-state index in [0.717, 1.165) is 0 Å². The number of halogens is 2. The average Bonchev–Trinajstić information content (AvgIpc) is 2.13. The third-order valence-corrected chi connectivity index (χ3v) is 3.19. The van der Waals surface area contributed by atoms with E-state index in [1.807, 2.05) is 0 Å². The van der Waals surface area contributed by atoms with Gasteiger partial charge >= 0.3 is 0 Å². The number of ketones is 1. The first-order chi connectivity index (χ1) is 5.79. The summed E-state index contributed by atoms with van der Waals surface area (Å²) >= 11 is 11.0. The van der Waals surface area contributed by atoms with Crippen molar-refractivity contribution in [3.05, 3.63) is 10.1 Å². The van der Waals surface area contributed by atoms with Crippen molar-refractivity contribution in [1.82, 2.24) is 0 Å². The third kappa shape index (κ3) is 1.08. The van der Waals surface area contributed by atoms with Gasteiger partial charge in [0.05, 0.1) is 10.4 Å². The van der Waals surface area contributed by atoms with Gasteiger partial charge in [0.25, 0.3) is 0 Å². The lowest BCUT2D eigenvalue weighted by molar-refractivity contribution is -0.148. The Balaban J connectivity index is 3.22. The van der Waals surface area contributed by atoms with Crippen LogP contribution >= 0.6 is 23.2 Å². The monoisotopic (exact) mass is 222 g/mol. The number of carbonyl (C=O) groups is 2. The fraction of sp³-hybridized carbons (Fsp3) is 0.500. The van der Waals surface area contributed by atoms with Crippen LogP contribution in [0.2, 0.25) is 0 Å². The number of rotatable bonds is 2. The maximum absolute atomic E-state index is 11.2. The largest absolute Gasteiger partial charge is 0.375 e. The lowest BCUT2D eigenvalue weighted by atomic mass is 9.67. The molecular weight excluding hydrogens is 215 g/mol. The molecule has 1 N–H and O–H groups in total. The van der Waals surface area contributed by atoms with Crippen molar-refractivity contribution in [2.75, 3.05) is 0 Å². The van der Waals surface area contributed by atoms with Gasteiger partial charge in [-0.25, -0.2) is 0 Å². The molecular formula is C8H8Cl2O3. The van der Waals surface area contributed by atoms with Gasteiger partial charge in [-0.2, -0.15) is 0 Å². The molecule has 1 aliphatic carbocycles. The molecule has 0 heterocycles. The van der Waals surface area contributed by atoms with Crippen molar-refractivity contribution in [2.45, 2.75) is 19.4 Å². The Labute approximate surface area is 85.3 Å². The van der Waals surface area contributed by atoms with Gasteiger partial charge in [0.2, 0.25) is 5.78 Å². The molecule has 0 saturated heterocycles. The number of carbonyl (C=O) groups excluding carboxylic acids is 2. The van der Waals surface area contributed by atoms with E-state index < -0.39 is 16.8 Å².